The number of aromatic nitrogens is 3. The Morgan fingerprint density at radius 2 is 1.81 bits per heavy atom. The first-order valence-corrected chi connectivity index (χ1v) is 10.5. The number of aryl methyl sites for hydroxylation is 3. The molecule has 2 aromatic heterocycles. The van der Waals surface area contributed by atoms with Gasteiger partial charge in [-0.2, -0.15) is 9.40 Å². The summed E-state index contributed by atoms with van der Waals surface area (Å²) >= 11 is 0. The molecule has 1 aliphatic carbocycles. The normalized spacial score (nSPS) is 18.5. The summed E-state index contributed by atoms with van der Waals surface area (Å²) < 4.78 is 36.4. The second kappa shape index (κ2) is 6.20. The number of rotatable bonds is 5. The molecule has 0 unspecified atom stereocenters. The van der Waals surface area contributed by atoms with Crippen molar-refractivity contribution >= 4 is 10.0 Å². The van der Waals surface area contributed by atoms with Crippen molar-refractivity contribution in [2.45, 2.75) is 50.7 Å². The van der Waals surface area contributed by atoms with Crippen LogP contribution in [-0.2, 0) is 17.1 Å². The fourth-order valence-electron chi connectivity index (χ4n) is 3.67. The van der Waals surface area contributed by atoms with E-state index in [-0.39, 0.29) is 29.6 Å². The number of pyridine rings is 1. The van der Waals surface area contributed by atoms with Gasteiger partial charge in [0.1, 0.15) is 16.7 Å². The Morgan fingerprint density at radius 3 is 2.33 bits per heavy atom. The third-order valence-electron chi connectivity index (χ3n) is 5.30. The molecule has 3 heterocycles. The van der Waals surface area contributed by atoms with Crippen LogP contribution in [0.5, 0.6) is 5.75 Å². The SMILES string of the molecule is Cc1nn(C)c(C)c1S(=O)(=O)N1CC(Oc2cc(C)n(C3CC3)c(=O)c2)C1. The molecule has 0 aromatic carbocycles. The van der Waals surface area contributed by atoms with E-state index in [0.29, 0.717) is 23.2 Å². The van der Waals surface area contributed by atoms with Crippen molar-refractivity contribution in [3.8, 4) is 5.75 Å². The zero-order valence-electron chi connectivity index (χ0n) is 16.0. The lowest BCUT2D eigenvalue weighted by Gasteiger charge is -2.37. The molecule has 0 atom stereocenters. The molecule has 27 heavy (non-hydrogen) atoms. The summed E-state index contributed by atoms with van der Waals surface area (Å²) in [7, 11) is -1.86. The van der Waals surface area contributed by atoms with Crippen LogP contribution in [0.2, 0.25) is 0 Å². The standard InChI is InChI=1S/C18H24N4O4S/c1-11-7-15(8-17(23)22(11)14-5-6-14)26-16-9-21(10-16)27(24,25)18-12(2)19-20(4)13(18)3/h7-8,14,16H,5-6,9-10H2,1-4H3. The van der Waals surface area contributed by atoms with Crippen LogP contribution in [0.1, 0.15) is 36.0 Å². The quantitative estimate of drug-likeness (QED) is 0.765. The number of nitrogens with zero attached hydrogens (tertiary/aromatic N) is 4. The molecule has 0 amide bonds. The van der Waals surface area contributed by atoms with Crippen LogP contribution in [-0.4, -0.2) is 46.3 Å². The van der Waals surface area contributed by atoms with Crippen LogP contribution in [0.25, 0.3) is 0 Å². The highest BCUT2D eigenvalue weighted by Crippen LogP contribution is 2.35. The van der Waals surface area contributed by atoms with Gasteiger partial charge in [-0.1, -0.05) is 0 Å². The van der Waals surface area contributed by atoms with Crippen LogP contribution in [0.4, 0.5) is 0 Å². The van der Waals surface area contributed by atoms with Gasteiger partial charge in [-0.15, -0.1) is 0 Å². The van der Waals surface area contributed by atoms with Gasteiger partial charge >= 0.3 is 0 Å². The minimum atomic E-state index is -3.59. The monoisotopic (exact) mass is 392 g/mol. The van der Waals surface area contributed by atoms with E-state index in [1.807, 2.05) is 13.0 Å². The van der Waals surface area contributed by atoms with Crippen molar-refractivity contribution in [1.82, 2.24) is 18.7 Å². The zero-order chi connectivity index (χ0) is 19.5. The highest BCUT2D eigenvalue weighted by atomic mass is 32.2. The van der Waals surface area contributed by atoms with Crippen LogP contribution < -0.4 is 10.3 Å². The molecular weight excluding hydrogens is 368 g/mol. The molecule has 1 saturated heterocycles. The Hall–Kier alpha value is -2.13. The van der Waals surface area contributed by atoms with Gasteiger partial charge in [-0.25, -0.2) is 8.42 Å². The Balaban J connectivity index is 1.46. The van der Waals surface area contributed by atoms with E-state index in [1.165, 1.54) is 10.4 Å². The third kappa shape index (κ3) is 3.08. The number of hydrogen-bond donors (Lipinski definition) is 0. The molecule has 2 aromatic rings. The summed E-state index contributed by atoms with van der Waals surface area (Å²) in [6, 6.07) is 3.67. The van der Waals surface area contributed by atoms with Gasteiger partial charge in [0.25, 0.3) is 5.56 Å². The first-order valence-electron chi connectivity index (χ1n) is 9.08. The Labute approximate surface area is 158 Å². The molecule has 0 bridgehead atoms. The molecular formula is C18H24N4O4S. The first kappa shape index (κ1) is 18.2. The molecule has 146 valence electrons. The summed E-state index contributed by atoms with van der Waals surface area (Å²) in [5.41, 5.74) is 1.94. The summed E-state index contributed by atoms with van der Waals surface area (Å²) in [4.78, 5) is 12.6. The maximum absolute atomic E-state index is 12.9. The zero-order valence-corrected chi connectivity index (χ0v) is 16.8. The molecule has 8 nitrogen and oxygen atoms in total. The van der Waals surface area contributed by atoms with Crippen molar-refractivity contribution in [2.24, 2.45) is 7.05 Å². The van der Waals surface area contributed by atoms with E-state index < -0.39 is 10.0 Å². The number of ether oxygens (including phenoxy) is 1. The van der Waals surface area contributed by atoms with Crippen LogP contribution >= 0.6 is 0 Å². The van der Waals surface area contributed by atoms with Crippen LogP contribution in [0.15, 0.2) is 21.8 Å². The molecule has 2 aliphatic rings. The number of sulfonamides is 1. The molecule has 0 spiro atoms. The maximum atomic E-state index is 12.9. The highest BCUT2D eigenvalue weighted by Gasteiger charge is 2.40. The molecule has 1 aliphatic heterocycles. The average Bonchev–Trinajstić information content (AvgIpc) is 3.29. The van der Waals surface area contributed by atoms with Gasteiger partial charge < -0.3 is 9.30 Å². The van der Waals surface area contributed by atoms with Crippen LogP contribution in [0, 0.1) is 20.8 Å². The van der Waals surface area contributed by atoms with E-state index in [1.54, 1.807) is 30.1 Å². The maximum Gasteiger partial charge on any atom is 0.254 e. The Kier molecular flexibility index (Phi) is 4.19. The lowest BCUT2D eigenvalue weighted by molar-refractivity contribution is 0.0758. The Bertz CT molecular complexity index is 1060. The molecule has 2 fully saturated rings. The summed E-state index contributed by atoms with van der Waals surface area (Å²) in [5, 5.41) is 4.19. The van der Waals surface area contributed by atoms with Gasteiger partial charge in [0.05, 0.1) is 24.5 Å². The van der Waals surface area contributed by atoms with E-state index in [2.05, 4.69) is 5.10 Å². The van der Waals surface area contributed by atoms with E-state index >= 15 is 0 Å². The lowest BCUT2D eigenvalue weighted by Crippen LogP contribution is -2.56. The van der Waals surface area contributed by atoms with Crippen molar-refractivity contribution in [3.63, 3.8) is 0 Å². The van der Waals surface area contributed by atoms with Crippen LogP contribution in [0.3, 0.4) is 0 Å². The number of hydrogen-bond acceptors (Lipinski definition) is 5. The fourth-order valence-corrected chi connectivity index (χ4v) is 5.57. The minimum absolute atomic E-state index is 0.0575. The summed E-state index contributed by atoms with van der Waals surface area (Å²) in [6.07, 6.45) is 1.83. The summed E-state index contributed by atoms with van der Waals surface area (Å²) in [6.45, 7) is 5.88. The smallest absolute Gasteiger partial charge is 0.254 e. The van der Waals surface area contributed by atoms with E-state index in [9.17, 15) is 13.2 Å². The topological polar surface area (TPSA) is 86.4 Å². The van der Waals surface area contributed by atoms with E-state index in [4.69, 9.17) is 4.74 Å². The highest BCUT2D eigenvalue weighted by molar-refractivity contribution is 7.89. The average molecular weight is 392 g/mol. The lowest BCUT2D eigenvalue weighted by atomic mass is 10.2. The second-order valence-electron chi connectivity index (χ2n) is 7.46. The third-order valence-corrected chi connectivity index (χ3v) is 7.39. The second-order valence-corrected chi connectivity index (χ2v) is 9.33. The molecule has 0 N–H and O–H groups in total. The fraction of sp³-hybridized carbons (Fsp3) is 0.556. The Morgan fingerprint density at radius 1 is 1.15 bits per heavy atom. The molecule has 9 heteroatoms. The first-order chi connectivity index (χ1) is 12.7. The van der Waals surface area contributed by atoms with Crippen molar-refractivity contribution in [3.05, 3.63) is 39.6 Å². The van der Waals surface area contributed by atoms with Crippen molar-refractivity contribution in [1.29, 1.82) is 0 Å². The van der Waals surface area contributed by atoms with Gasteiger partial charge in [0, 0.05) is 24.8 Å². The molecule has 1 saturated carbocycles. The predicted molar refractivity (Wildman–Crippen MR) is 99.6 cm³/mol. The summed E-state index contributed by atoms with van der Waals surface area (Å²) in [5.74, 6) is 0.505. The largest absolute Gasteiger partial charge is 0.487 e. The van der Waals surface area contributed by atoms with Crippen molar-refractivity contribution in [2.75, 3.05) is 13.1 Å². The predicted octanol–water partition coefficient (Wildman–Crippen LogP) is 1.29. The molecule has 0 radical (unpaired) electrons. The van der Waals surface area contributed by atoms with Gasteiger partial charge in [0.15, 0.2) is 0 Å². The van der Waals surface area contributed by atoms with E-state index in [0.717, 1.165) is 18.5 Å². The molecule has 4 rings (SSSR count). The van der Waals surface area contributed by atoms with Crippen molar-refractivity contribution < 1.29 is 13.2 Å². The minimum Gasteiger partial charge on any atom is -0.487 e. The van der Waals surface area contributed by atoms with Gasteiger partial charge in [-0.3, -0.25) is 9.48 Å². The van der Waals surface area contributed by atoms with Gasteiger partial charge in [-0.05, 0) is 39.7 Å². The van der Waals surface area contributed by atoms with Gasteiger partial charge in [0.2, 0.25) is 10.0 Å².